The van der Waals surface area contributed by atoms with Gasteiger partial charge in [0.2, 0.25) is 0 Å². The highest BCUT2D eigenvalue weighted by molar-refractivity contribution is 8.14. The Labute approximate surface area is 108 Å². The molecule has 98 valence electrons. The van der Waals surface area contributed by atoms with Crippen LogP contribution in [0.2, 0.25) is 0 Å². The molecule has 2 rings (SSSR count). The minimum atomic E-state index is 0.767. The van der Waals surface area contributed by atoms with E-state index in [2.05, 4.69) is 22.3 Å². The lowest BCUT2D eigenvalue weighted by Crippen LogP contribution is -2.33. The Bertz CT molecular complexity index is 268. The Kier molecular flexibility index (Phi) is 5.13. The van der Waals surface area contributed by atoms with Crippen molar-refractivity contribution < 1.29 is 4.74 Å². The molecule has 0 aromatic heterocycles. The van der Waals surface area contributed by atoms with Crippen molar-refractivity contribution in [3.63, 3.8) is 0 Å². The van der Waals surface area contributed by atoms with E-state index in [1.165, 1.54) is 12.8 Å². The van der Waals surface area contributed by atoms with Crippen LogP contribution in [0.4, 0.5) is 0 Å². The summed E-state index contributed by atoms with van der Waals surface area (Å²) in [5.41, 5.74) is 0. The van der Waals surface area contributed by atoms with Crippen molar-refractivity contribution in [3.05, 3.63) is 0 Å². The van der Waals surface area contributed by atoms with E-state index in [0.29, 0.717) is 0 Å². The van der Waals surface area contributed by atoms with Gasteiger partial charge in [0.25, 0.3) is 0 Å². The van der Waals surface area contributed by atoms with E-state index < -0.39 is 0 Å². The van der Waals surface area contributed by atoms with Gasteiger partial charge in [0.15, 0.2) is 5.17 Å². The molecule has 17 heavy (non-hydrogen) atoms. The maximum absolute atomic E-state index is 5.05. The summed E-state index contributed by atoms with van der Waals surface area (Å²) >= 11 is 1.95. The fourth-order valence-corrected chi connectivity index (χ4v) is 3.15. The first-order chi connectivity index (χ1) is 8.29. The second kappa shape index (κ2) is 6.61. The number of aliphatic imine (C=N–C) groups is 1. The zero-order valence-electron chi connectivity index (χ0n) is 10.8. The number of methoxy groups -OCH3 is 1. The summed E-state index contributed by atoms with van der Waals surface area (Å²) in [7, 11) is 3.87. The third kappa shape index (κ3) is 4.48. The lowest BCUT2D eigenvalue weighted by Gasteiger charge is -2.16. The molecule has 1 atom stereocenters. The van der Waals surface area contributed by atoms with Crippen LogP contribution in [0.15, 0.2) is 4.99 Å². The van der Waals surface area contributed by atoms with Crippen LogP contribution in [0.25, 0.3) is 0 Å². The van der Waals surface area contributed by atoms with Gasteiger partial charge in [-0.25, -0.2) is 0 Å². The maximum Gasteiger partial charge on any atom is 0.156 e. The average Bonchev–Trinajstić information content (AvgIpc) is 3.07. The van der Waals surface area contributed by atoms with Crippen molar-refractivity contribution >= 4 is 16.9 Å². The molecule has 0 bridgehead atoms. The third-order valence-corrected chi connectivity index (χ3v) is 4.61. The van der Waals surface area contributed by atoms with Crippen molar-refractivity contribution in [2.75, 3.05) is 46.9 Å². The van der Waals surface area contributed by atoms with Crippen molar-refractivity contribution in [2.24, 2.45) is 10.9 Å². The fourth-order valence-electron chi connectivity index (χ4n) is 1.91. The van der Waals surface area contributed by atoms with Gasteiger partial charge in [-0.05, 0) is 25.8 Å². The van der Waals surface area contributed by atoms with E-state index in [0.717, 1.165) is 49.1 Å². The van der Waals surface area contributed by atoms with Crippen LogP contribution in [0.3, 0.4) is 0 Å². The quantitative estimate of drug-likeness (QED) is 0.739. The molecular weight excluding hydrogens is 234 g/mol. The molecule has 1 aliphatic heterocycles. The van der Waals surface area contributed by atoms with Gasteiger partial charge in [0, 0.05) is 32.0 Å². The number of nitrogens with zero attached hydrogens (tertiary/aromatic N) is 2. The highest BCUT2D eigenvalue weighted by atomic mass is 32.2. The van der Waals surface area contributed by atoms with Gasteiger partial charge in [-0.3, -0.25) is 4.99 Å². The van der Waals surface area contributed by atoms with Crippen molar-refractivity contribution in [3.8, 4) is 0 Å². The normalized spacial score (nSPS) is 24.2. The molecule has 0 aromatic rings. The lowest BCUT2D eigenvalue weighted by molar-refractivity contribution is 0.162. The number of amidine groups is 1. The molecule has 2 aliphatic rings. The molecule has 0 aromatic carbocycles. The molecule has 0 saturated heterocycles. The molecule has 0 spiro atoms. The molecule has 0 amide bonds. The summed E-state index contributed by atoms with van der Waals surface area (Å²) < 4.78 is 5.05. The molecule has 1 N–H and O–H groups in total. The van der Waals surface area contributed by atoms with Crippen LogP contribution in [0.5, 0.6) is 0 Å². The summed E-state index contributed by atoms with van der Waals surface area (Å²) in [5, 5.41) is 5.35. The van der Waals surface area contributed by atoms with Crippen LogP contribution >= 0.6 is 11.8 Å². The van der Waals surface area contributed by atoms with Gasteiger partial charge >= 0.3 is 0 Å². The summed E-state index contributed by atoms with van der Waals surface area (Å²) in [6.45, 7) is 4.83. The first-order valence-corrected chi connectivity index (χ1v) is 7.30. The van der Waals surface area contributed by atoms with E-state index in [4.69, 9.17) is 4.74 Å². The maximum atomic E-state index is 5.05. The number of ether oxygens (including phenoxy) is 1. The largest absolute Gasteiger partial charge is 0.383 e. The number of likely N-dealkylation sites (N-methyl/N-ethyl adjacent to an activating group) is 1. The van der Waals surface area contributed by atoms with E-state index >= 15 is 0 Å². The second-order valence-electron chi connectivity index (χ2n) is 4.86. The Hall–Kier alpha value is -0.260. The molecule has 1 fully saturated rings. The van der Waals surface area contributed by atoms with E-state index in [1.54, 1.807) is 7.11 Å². The molecule has 0 radical (unpaired) electrons. The summed E-state index contributed by atoms with van der Waals surface area (Å²) in [4.78, 5) is 6.84. The van der Waals surface area contributed by atoms with E-state index in [-0.39, 0.29) is 0 Å². The minimum absolute atomic E-state index is 0.767. The highest BCUT2D eigenvalue weighted by Gasteiger charge is 2.35. The number of rotatable bonds is 7. The predicted octanol–water partition coefficient (Wildman–Crippen LogP) is 1.04. The smallest absolute Gasteiger partial charge is 0.156 e. The molecule has 1 saturated carbocycles. The van der Waals surface area contributed by atoms with E-state index in [9.17, 15) is 0 Å². The Morgan fingerprint density at radius 1 is 1.47 bits per heavy atom. The molecule has 4 nitrogen and oxygen atoms in total. The summed E-state index contributed by atoms with van der Waals surface area (Å²) in [6.07, 6.45) is 2.83. The van der Waals surface area contributed by atoms with Crippen molar-refractivity contribution in [1.82, 2.24) is 10.2 Å². The number of nitrogens with one attached hydrogen (secondary N) is 1. The van der Waals surface area contributed by atoms with Crippen molar-refractivity contribution in [2.45, 2.75) is 18.1 Å². The fraction of sp³-hybridized carbons (Fsp3) is 0.917. The van der Waals surface area contributed by atoms with Gasteiger partial charge in [-0.15, -0.1) is 0 Å². The Morgan fingerprint density at radius 3 is 3.00 bits per heavy atom. The van der Waals surface area contributed by atoms with Crippen LogP contribution in [-0.4, -0.2) is 62.3 Å². The first-order valence-electron chi connectivity index (χ1n) is 6.42. The summed E-state index contributed by atoms with van der Waals surface area (Å²) in [5.74, 6) is 0.951. The topological polar surface area (TPSA) is 36.9 Å². The van der Waals surface area contributed by atoms with Crippen LogP contribution in [-0.2, 0) is 4.74 Å². The SMILES string of the molecule is COCCN(C)CCNC1=NCC(C2CC2)S1. The minimum Gasteiger partial charge on any atom is -0.383 e. The predicted molar refractivity (Wildman–Crippen MR) is 73.8 cm³/mol. The first kappa shape index (κ1) is 13.2. The van der Waals surface area contributed by atoms with Gasteiger partial charge in [0.1, 0.15) is 0 Å². The van der Waals surface area contributed by atoms with E-state index in [1.807, 2.05) is 11.8 Å². The number of hydrogen-bond acceptors (Lipinski definition) is 5. The van der Waals surface area contributed by atoms with Gasteiger partial charge in [-0.1, -0.05) is 11.8 Å². The van der Waals surface area contributed by atoms with Gasteiger partial charge < -0.3 is 15.0 Å². The zero-order chi connectivity index (χ0) is 12.1. The Morgan fingerprint density at radius 2 is 2.29 bits per heavy atom. The zero-order valence-corrected chi connectivity index (χ0v) is 11.6. The Balaban J connectivity index is 1.53. The molecule has 5 heteroatoms. The molecular formula is C12H23N3OS. The third-order valence-electron chi connectivity index (χ3n) is 3.27. The molecule has 1 unspecified atom stereocenters. The van der Waals surface area contributed by atoms with Crippen LogP contribution < -0.4 is 5.32 Å². The van der Waals surface area contributed by atoms with Crippen LogP contribution in [0, 0.1) is 5.92 Å². The standard InChI is InChI=1S/C12H23N3OS/c1-15(7-8-16-2)6-5-13-12-14-9-11(17-12)10-3-4-10/h10-11H,3-9H2,1-2H3,(H,13,14). The average molecular weight is 257 g/mol. The monoisotopic (exact) mass is 257 g/mol. The second-order valence-corrected chi connectivity index (χ2v) is 6.09. The summed E-state index contributed by atoms with van der Waals surface area (Å²) in [6, 6.07) is 0. The number of hydrogen-bond donors (Lipinski definition) is 1. The lowest BCUT2D eigenvalue weighted by atomic mass is 10.3. The highest BCUT2D eigenvalue weighted by Crippen LogP contribution is 2.41. The van der Waals surface area contributed by atoms with Crippen molar-refractivity contribution in [1.29, 1.82) is 0 Å². The molecule has 1 heterocycles. The number of thioether (sulfide) groups is 1. The van der Waals surface area contributed by atoms with Gasteiger partial charge in [-0.2, -0.15) is 0 Å². The molecule has 1 aliphatic carbocycles. The van der Waals surface area contributed by atoms with Crippen LogP contribution in [0.1, 0.15) is 12.8 Å². The van der Waals surface area contributed by atoms with Gasteiger partial charge in [0.05, 0.1) is 13.2 Å².